The minimum absolute atomic E-state index is 0.0259. The Kier molecular flexibility index (Phi) is 5.84. The summed E-state index contributed by atoms with van der Waals surface area (Å²) in [6.07, 6.45) is 0.342. The summed E-state index contributed by atoms with van der Waals surface area (Å²) < 4.78 is 0. The largest absolute Gasteiger partial charge is 0.392 e. The van der Waals surface area contributed by atoms with Crippen LogP contribution in [-0.2, 0) is 0 Å². The molecule has 3 N–H and O–H groups in total. The first-order valence-corrected chi connectivity index (χ1v) is 7.27. The van der Waals surface area contributed by atoms with E-state index in [4.69, 9.17) is 17.3 Å². The number of halogens is 1. The van der Waals surface area contributed by atoms with E-state index < -0.39 is 6.10 Å². The van der Waals surface area contributed by atoms with Gasteiger partial charge in [-0.25, -0.2) is 0 Å². The molecule has 0 aliphatic heterocycles. The van der Waals surface area contributed by atoms with Gasteiger partial charge in [-0.3, -0.25) is 0 Å². The maximum absolute atomic E-state index is 10.5. The zero-order valence-electron chi connectivity index (χ0n) is 12.4. The van der Waals surface area contributed by atoms with Gasteiger partial charge in [0.25, 0.3) is 0 Å². The van der Waals surface area contributed by atoms with Crippen molar-refractivity contribution in [1.82, 2.24) is 0 Å². The number of aliphatic hydroxyl groups is 1. The maximum atomic E-state index is 10.5. The number of benzene rings is 1. The predicted octanol–water partition coefficient (Wildman–Crippen LogP) is 3.82. The van der Waals surface area contributed by atoms with Gasteiger partial charge in [-0.15, -0.1) is 0 Å². The number of rotatable bonds is 5. The Balaban J connectivity index is 2.77. The van der Waals surface area contributed by atoms with E-state index in [0.717, 1.165) is 12.0 Å². The van der Waals surface area contributed by atoms with Crippen molar-refractivity contribution in [2.75, 3.05) is 6.54 Å². The first-order valence-electron chi connectivity index (χ1n) is 6.89. The topological polar surface area (TPSA) is 46.2 Å². The second-order valence-electron chi connectivity index (χ2n) is 6.46. The highest BCUT2D eigenvalue weighted by Crippen LogP contribution is 2.32. The van der Waals surface area contributed by atoms with Crippen LogP contribution in [0.4, 0.5) is 0 Å². The molecule has 2 nitrogen and oxygen atoms in total. The van der Waals surface area contributed by atoms with E-state index >= 15 is 0 Å². The molecule has 1 rings (SSSR count). The van der Waals surface area contributed by atoms with Gasteiger partial charge in [0.1, 0.15) is 0 Å². The zero-order valence-corrected chi connectivity index (χ0v) is 13.1. The van der Waals surface area contributed by atoms with Crippen LogP contribution in [0.15, 0.2) is 24.3 Å². The van der Waals surface area contributed by atoms with Crippen molar-refractivity contribution >= 4 is 11.6 Å². The second-order valence-corrected chi connectivity index (χ2v) is 6.90. The van der Waals surface area contributed by atoms with Crippen molar-refractivity contribution in [3.8, 4) is 0 Å². The predicted molar refractivity (Wildman–Crippen MR) is 82.5 cm³/mol. The minimum atomic E-state index is -0.416. The Morgan fingerprint density at radius 1 is 1.21 bits per heavy atom. The fourth-order valence-electron chi connectivity index (χ4n) is 2.11. The van der Waals surface area contributed by atoms with Gasteiger partial charge in [-0.05, 0) is 35.4 Å². The van der Waals surface area contributed by atoms with Gasteiger partial charge < -0.3 is 10.8 Å². The van der Waals surface area contributed by atoms with Crippen molar-refractivity contribution < 1.29 is 5.11 Å². The Morgan fingerprint density at radius 2 is 1.74 bits per heavy atom. The van der Waals surface area contributed by atoms with Gasteiger partial charge in [0, 0.05) is 17.5 Å². The van der Waals surface area contributed by atoms with Crippen LogP contribution in [0.25, 0.3) is 0 Å². The molecule has 1 aromatic rings. The van der Waals surface area contributed by atoms with Crippen LogP contribution in [0.2, 0.25) is 5.02 Å². The normalized spacial score (nSPS) is 17.0. The van der Waals surface area contributed by atoms with E-state index in [1.165, 1.54) is 0 Å². The van der Waals surface area contributed by atoms with Crippen molar-refractivity contribution in [1.29, 1.82) is 0 Å². The van der Waals surface area contributed by atoms with Crippen LogP contribution in [0.1, 0.15) is 45.6 Å². The molecule has 0 spiro atoms. The van der Waals surface area contributed by atoms with E-state index in [9.17, 15) is 5.11 Å². The third kappa shape index (κ3) is 4.79. The van der Waals surface area contributed by atoms with Crippen molar-refractivity contribution in [3.05, 3.63) is 34.9 Å². The Hall–Kier alpha value is -0.570. The maximum Gasteiger partial charge on any atom is 0.0623 e. The number of hydrogen-bond acceptors (Lipinski definition) is 2. The quantitative estimate of drug-likeness (QED) is 0.863. The molecule has 0 aliphatic carbocycles. The Morgan fingerprint density at radius 3 is 2.16 bits per heavy atom. The molecule has 0 bridgehead atoms. The minimum Gasteiger partial charge on any atom is -0.392 e. The van der Waals surface area contributed by atoms with Gasteiger partial charge in [-0.2, -0.15) is 0 Å². The third-order valence-electron chi connectivity index (χ3n) is 4.09. The molecule has 0 radical (unpaired) electrons. The van der Waals surface area contributed by atoms with Crippen molar-refractivity contribution in [3.63, 3.8) is 0 Å². The summed E-state index contributed by atoms with van der Waals surface area (Å²) in [6, 6.07) is 7.59. The van der Waals surface area contributed by atoms with Crippen LogP contribution in [0, 0.1) is 11.3 Å². The lowest BCUT2D eigenvalue weighted by atomic mass is 9.76. The van der Waals surface area contributed by atoms with Crippen molar-refractivity contribution in [2.24, 2.45) is 17.1 Å². The highest BCUT2D eigenvalue weighted by Gasteiger charge is 2.27. The monoisotopic (exact) mass is 283 g/mol. The number of nitrogens with two attached hydrogens (primary N) is 1. The van der Waals surface area contributed by atoms with Crippen LogP contribution in [0.3, 0.4) is 0 Å². The average molecular weight is 284 g/mol. The summed E-state index contributed by atoms with van der Waals surface area (Å²) in [7, 11) is 0. The lowest BCUT2D eigenvalue weighted by Gasteiger charge is -2.31. The van der Waals surface area contributed by atoms with E-state index in [-0.39, 0.29) is 11.3 Å². The Bertz CT molecular complexity index is 383. The first kappa shape index (κ1) is 16.5. The average Bonchev–Trinajstić information content (AvgIpc) is 2.31. The summed E-state index contributed by atoms with van der Waals surface area (Å²) in [5.41, 5.74) is 7.09. The fraction of sp³-hybridized carbons (Fsp3) is 0.625. The fourth-order valence-corrected chi connectivity index (χ4v) is 2.23. The van der Waals surface area contributed by atoms with E-state index in [1.54, 1.807) is 0 Å². The van der Waals surface area contributed by atoms with Crippen LogP contribution < -0.4 is 5.73 Å². The molecule has 0 saturated carbocycles. The summed E-state index contributed by atoms with van der Waals surface area (Å²) in [4.78, 5) is 0. The van der Waals surface area contributed by atoms with E-state index in [0.29, 0.717) is 17.5 Å². The summed E-state index contributed by atoms with van der Waals surface area (Å²) >= 11 is 5.89. The van der Waals surface area contributed by atoms with Crippen molar-refractivity contribution in [2.45, 2.75) is 46.1 Å². The molecular formula is C16H26ClNO. The van der Waals surface area contributed by atoms with Crippen LogP contribution in [0.5, 0.6) is 0 Å². The summed E-state index contributed by atoms with van der Waals surface area (Å²) in [6.45, 7) is 9.22. The highest BCUT2D eigenvalue weighted by atomic mass is 35.5. The highest BCUT2D eigenvalue weighted by molar-refractivity contribution is 6.30. The lowest BCUT2D eigenvalue weighted by molar-refractivity contribution is 0.0894. The SMILES string of the molecule is CC(CC(O)C(CN)c1ccc(Cl)cc1)C(C)(C)C. The number of hydrogen-bond donors (Lipinski definition) is 2. The second kappa shape index (κ2) is 6.74. The zero-order chi connectivity index (χ0) is 14.6. The smallest absolute Gasteiger partial charge is 0.0623 e. The molecule has 0 heterocycles. The van der Waals surface area contributed by atoms with Crippen LogP contribution in [-0.4, -0.2) is 17.8 Å². The molecule has 3 atom stereocenters. The van der Waals surface area contributed by atoms with Gasteiger partial charge >= 0.3 is 0 Å². The van der Waals surface area contributed by atoms with E-state index in [2.05, 4.69) is 27.7 Å². The van der Waals surface area contributed by atoms with E-state index in [1.807, 2.05) is 24.3 Å². The molecule has 19 heavy (non-hydrogen) atoms. The molecule has 0 fully saturated rings. The molecule has 3 heteroatoms. The standard InChI is InChI=1S/C16H26ClNO/c1-11(16(2,3)4)9-15(19)14(10-18)12-5-7-13(17)8-6-12/h5-8,11,14-15,19H,9-10,18H2,1-4H3. The molecule has 3 unspecified atom stereocenters. The van der Waals surface area contributed by atoms with Gasteiger partial charge in [0.2, 0.25) is 0 Å². The molecular weight excluding hydrogens is 258 g/mol. The van der Waals surface area contributed by atoms with Gasteiger partial charge in [0.05, 0.1) is 6.10 Å². The summed E-state index contributed by atoms with van der Waals surface area (Å²) in [5.74, 6) is 0.408. The molecule has 0 saturated heterocycles. The first-order chi connectivity index (χ1) is 8.75. The lowest BCUT2D eigenvalue weighted by Crippen LogP contribution is -2.30. The van der Waals surface area contributed by atoms with Crippen LogP contribution >= 0.6 is 11.6 Å². The number of aliphatic hydroxyl groups excluding tert-OH is 1. The van der Waals surface area contributed by atoms with Gasteiger partial charge in [-0.1, -0.05) is 51.4 Å². The Labute approximate surface area is 122 Å². The molecule has 0 aliphatic rings. The molecule has 0 aromatic heterocycles. The van der Waals surface area contributed by atoms with Gasteiger partial charge in [0.15, 0.2) is 0 Å². The molecule has 1 aromatic carbocycles. The molecule has 108 valence electrons. The summed E-state index contributed by atoms with van der Waals surface area (Å²) in [5, 5.41) is 11.2. The molecule has 0 amide bonds. The third-order valence-corrected chi connectivity index (χ3v) is 4.34.